The summed E-state index contributed by atoms with van der Waals surface area (Å²) in [5, 5.41) is 2.86. The normalized spacial score (nSPS) is 10.1. The van der Waals surface area contributed by atoms with Gasteiger partial charge in [-0.1, -0.05) is 24.3 Å². The fourth-order valence-electron chi connectivity index (χ4n) is 1.85. The molecule has 0 heterocycles. The van der Waals surface area contributed by atoms with Gasteiger partial charge in [-0.2, -0.15) is 0 Å². The van der Waals surface area contributed by atoms with E-state index in [4.69, 9.17) is 4.74 Å². The Labute approximate surface area is 120 Å². The number of anilines is 1. The van der Waals surface area contributed by atoms with E-state index in [0.29, 0.717) is 11.3 Å². The van der Waals surface area contributed by atoms with Crippen LogP contribution in [0.3, 0.4) is 0 Å². The van der Waals surface area contributed by atoms with Crippen molar-refractivity contribution < 1.29 is 9.53 Å². The van der Waals surface area contributed by atoms with Crippen LogP contribution in [0.15, 0.2) is 46.9 Å². The van der Waals surface area contributed by atoms with E-state index in [1.54, 1.807) is 13.2 Å². The van der Waals surface area contributed by atoms with E-state index in [2.05, 4.69) is 21.2 Å². The van der Waals surface area contributed by atoms with Crippen LogP contribution in [0.1, 0.15) is 15.9 Å². The van der Waals surface area contributed by atoms with E-state index in [0.717, 1.165) is 15.7 Å². The molecular formula is C15H14BrNO2. The van der Waals surface area contributed by atoms with Crippen molar-refractivity contribution >= 4 is 27.5 Å². The fraction of sp³-hybridized carbons (Fsp3) is 0.133. The number of rotatable bonds is 3. The van der Waals surface area contributed by atoms with E-state index in [-0.39, 0.29) is 5.91 Å². The lowest BCUT2D eigenvalue weighted by Crippen LogP contribution is -2.14. The first-order valence-corrected chi connectivity index (χ1v) is 6.62. The molecule has 2 aromatic carbocycles. The Hall–Kier alpha value is -1.81. The quantitative estimate of drug-likeness (QED) is 0.928. The number of carbonyl (C=O) groups excluding carboxylic acids is 1. The lowest BCUT2D eigenvalue weighted by atomic mass is 10.1. The van der Waals surface area contributed by atoms with E-state index in [1.165, 1.54) is 0 Å². The molecule has 0 fully saturated rings. The molecule has 0 aromatic heterocycles. The van der Waals surface area contributed by atoms with E-state index in [9.17, 15) is 4.79 Å². The minimum absolute atomic E-state index is 0.188. The first-order valence-electron chi connectivity index (χ1n) is 5.83. The average molecular weight is 320 g/mol. The number of carbonyl (C=O) groups is 1. The van der Waals surface area contributed by atoms with Crippen molar-refractivity contribution in [3.63, 3.8) is 0 Å². The molecule has 0 saturated carbocycles. The Morgan fingerprint density at radius 2 is 1.89 bits per heavy atom. The van der Waals surface area contributed by atoms with Gasteiger partial charge in [-0.3, -0.25) is 4.79 Å². The topological polar surface area (TPSA) is 38.3 Å². The van der Waals surface area contributed by atoms with Gasteiger partial charge in [0, 0.05) is 4.47 Å². The highest BCUT2D eigenvalue weighted by Crippen LogP contribution is 2.26. The highest BCUT2D eigenvalue weighted by atomic mass is 79.9. The number of para-hydroxylation sites is 2. The van der Waals surface area contributed by atoms with Gasteiger partial charge in [0.05, 0.1) is 18.4 Å². The number of halogens is 1. The summed E-state index contributed by atoms with van der Waals surface area (Å²) in [4.78, 5) is 12.3. The summed E-state index contributed by atoms with van der Waals surface area (Å²) >= 11 is 3.40. The zero-order chi connectivity index (χ0) is 13.8. The van der Waals surface area contributed by atoms with Crippen LogP contribution in [0, 0.1) is 6.92 Å². The summed E-state index contributed by atoms with van der Waals surface area (Å²) in [6.07, 6.45) is 0. The number of amides is 1. The Kier molecular flexibility index (Phi) is 4.22. The average Bonchev–Trinajstić information content (AvgIpc) is 2.41. The zero-order valence-electron chi connectivity index (χ0n) is 10.7. The van der Waals surface area contributed by atoms with Gasteiger partial charge in [-0.05, 0) is 46.6 Å². The molecule has 0 radical (unpaired) electrons. The number of nitrogens with one attached hydrogen (secondary N) is 1. The molecule has 1 amide bonds. The molecule has 19 heavy (non-hydrogen) atoms. The third-order valence-corrected chi connectivity index (χ3v) is 3.47. The molecule has 4 heteroatoms. The lowest BCUT2D eigenvalue weighted by molar-refractivity contribution is 0.102. The maximum atomic E-state index is 12.3. The van der Waals surface area contributed by atoms with Gasteiger partial charge in [0.2, 0.25) is 0 Å². The summed E-state index contributed by atoms with van der Waals surface area (Å²) in [6.45, 7) is 1.91. The molecule has 0 aliphatic carbocycles. The summed E-state index contributed by atoms with van der Waals surface area (Å²) in [7, 11) is 1.57. The second-order valence-corrected chi connectivity index (χ2v) is 4.94. The molecule has 0 unspecified atom stereocenters. The predicted molar refractivity (Wildman–Crippen MR) is 79.8 cm³/mol. The van der Waals surface area contributed by atoms with Crippen molar-refractivity contribution in [3.05, 3.63) is 58.1 Å². The fourth-order valence-corrected chi connectivity index (χ4v) is 2.24. The molecule has 3 nitrogen and oxygen atoms in total. The second kappa shape index (κ2) is 5.89. The molecule has 0 aliphatic heterocycles. The Morgan fingerprint density at radius 1 is 1.16 bits per heavy atom. The maximum absolute atomic E-state index is 12.3. The minimum atomic E-state index is -0.188. The standard InChI is InChI=1S/C15H14BrNO2/c1-10-6-5-7-11(14(10)19-2)15(18)17-13-9-4-3-8-12(13)16/h3-9H,1-2H3,(H,17,18). The minimum Gasteiger partial charge on any atom is -0.496 e. The molecule has 0 aliphatic rings. The molecule has 2 rings (SSSR count). The highest BCUT2D eigenvalue weighted by Gasteiger charge is 2.14. The van der Waals surface area contributed by atoms with Gasteiger partial charge in [-0.25, -0.2) is 0 Å². The maximum Gasteiger partial charge on any atom is 0.259 e. The first-order chi connectivity index (χ1) is 9.13. The number of methoxy groups -OCH3 is 1. The van der Waals surface area contributed by atoms with Crippen molar-refractivity contribution in [1.82, 2.24) is 0 Å². The first kappa shape index (κ1) is 13.6. The zero-order valence-corrected chi connectivity index (χ0v) is 12.3. The smallest absolute Gasteiger partial charge is 0.259 e. The summed E-state index contributed by atoms with van der Waals surface area (Å²) < 4.78 is 6.14. The van der Waals surface area contributed by atoms with E-state index in [1.807, 2.05) is 43.3 Å². The van der Waals surface area contributed by atoms with Crippen molar-refractivity contribution in [3.8, 4) is 5.75 Å². The van der Waals surface area contributed by atoms with Crippen LogP contribution in [-0.2, 0) is 0 Å². The third kappa shape index (κ3) is 2.96. The van der Waals surface area contributed by atoms with Crippen LogP contribution in [0.5, 0.6) is 5.75 Å². The molecule has 0 saturated heterocycles. The van der Waals surface area contributed by atoms with Crippen LogP contribution in [0.25, 0.3) is 0 Å². The van der Waals surface area contributed by atoms with E-state index >= 15 is 0 Å². The van der Waals surface area contributed by atoms with Crippen LogP contribution in [0.2, 0.25) is 0 Å². The predicted octanol–water partition coefficient (Wildman–Crippen LogP) is 4.02. The van der Waals surface area contributed by atoms with Crippen LogP contribution < -0.4 is 10.1 Å². The van der Waals surface area contributed by atoms with Gasteiger partial charge in [-0.15, -0.1) is 0 Å². The number of aryl methyl sites for hydroxylation is 1. The van der Waals surface area contributed by atoms with Crippen LogP contribution in [0.4, 0.5) is 5.69 Å². The SMILES string of the molecule is COc1c(C)cccc1C(=O)Nc1ccccc1Br. The third-order valence-electron chi connectivity index (χ3n) is 2.78. The van der Waals surface area contributed by atoms with E-state index < -0.39 is 0 Å². The molecule has 0 atom stereocenters. The summed E-state index contributed by atoms with van der Waals surface area (Å²) in [5.41, 5.74) is 2.19. The summed E-state index contributed by atoms with van der Waals surface area (Å²) in [6, 6.07) is 13.0. The van der Waals surface area contributed by atoms with Gasteiger partial charge in [0.1, 0.15) is 5.75 Å². The largest absolute Gasteiger partial charge is 0.496 e. The van der Waals surface area contributed by atoms with Crippen molar-refractivity contribution in [2.45, 2.75) is 6.92 Å². The molecule has 98 valence electrons. The van der Waals surface area contributed by atoms with Gasteiger partial charge in [0.15, 0.2) is 0 Å². The number of hydrogen-bond donors (Lipinski definition) is 1. The molecule has 1 N–H and O–H groups in total. The van der Waals surface area contributed by atoms with Crippen molar-refractivity contribution in [2.75, 3.05) is 12.4 Å². The molecule has 0 spiro atoms. The van der Waals surface area contributed by atoms with Crippen LogP contribution in [-0.4, -0.2) is 13.0 Å². The molecular weight excluding hydrogens is 306 g/mol. The van der Waals surface area contributed by atoms with Crippen LogP contribution >= 0.6 is 15.9 Å². The van der Waals surface area contributed by atoms with Crippen molar-refractivity contribution in [1.29, 1.82) is 0 Å². The Balaban J connectivity index is 2.31. The van der Waals surface area contributed by atoms with Crippen molar-refractivity contribution in [2.24, 2.45) is 0 Å². The lowest BCUT2D eigenvalue weighted by Gasteiger charge is -2.12. The second-order valence-electron chi connectivity index (χ2n) is 4.09. The van der Waals surface area contributed by atoms with Gasteiger partial charge in [0.25, 0.3) is 5.91 Å². The summed E-state index contributed by atoms with van der Waals surface area (Å²) in [5.74, 6) is 0.416. The van der Waals surface area contributed by atoms with Gasteiger partial charge < -0.3 is 10.1 Å². The number of ether oxygens (including phenoxy) is 1. The molecule has 0 bridgehead atoms. The highest BCUT2D eigenvalue weighted by molar-refractivity contribution is 9.10. The number of benzene rings is 2. The monoisotopic (exact) mass is 319 g/mol. The number of hydrogen-bond acceptors (Lipinski definition) is 2. The molecule has 2 aromatic rings. The van der Waals surface area contributed by atoms with Gasteiger partial charge >= 0.3 is 0 Å². The Bertz CT molecular complexity index is 611. The Morgan fingerprint density at radius 3 is 2.58 bits per heavy atom.